The molecule has 0 saturated carbocycles. The fourth-order valence-corrected chi connectivity index (χ4v) is 1.95. The molecule has 0 radical (unpaired) electrons. The Hall–Kier alpha value is -0.0331. The third kappa shape index (κ3) is 8.56. The highest BCUT2D eigenvalue weighted by Gasteiger charge is 2.02. The molecule has 0 aromatic rings. The second kappa shape index (κ2) is 8.29. The van der Waals surface area contributed by atoms with E-state index >= 15 is 0 Å². The van der Waals surface area contributed by atoms with E-state index in [4.69, 9.17) is 32.4 Å². The lowest BCUT2D eigenvalue weighted by molar-refractivity contribution is -0.138. The number of ether oxygens (including phenoxy) is 1. The van der Waals surface area contributed by atoms with Gasteiger partial charge in [-0.3, -0.25) is 0 Å². The molecule has 0 fully saturated rings. The van der Waals surface area contributed by atoms with Gasteiger partial charge in [0.25, 0.3) is 0 Å². The summed E-state index contributed by atoms with van der Waals surface area (Å²) in [5, 5.41) is -0.723. The SMILES string of the molecule is C=C(C)C(=O)OCCC[SiH2]OC(Cl)Cl. The third-order valence-electron chi connectivity index (χ3n) is 1.36. The Bertz CT molecular complexity index is 197. The van der Waals surface area contributed by atoms with Crippen LogP contribution in [0.15, 0.2) is 12.2 Å². The molecule has 0 heterocycles. The molecule has 0 aliphatic carbocycles. The topological polar surface area (TPSA) is 35.5 Å². The van der Waals surface area contributed by atoms with E-state index < -0.39 is 14.8 Å². The minimum Gasteiger partial charge on any atom is -0.462 e. The van der Waals surface area contributed by atoms with E-state index in [-0.39, 0.29) is 5.97 Å². The van der Waals surface area contributed by atoms with Gasteiger partial charge in [-0.25, -0.2) is 4.79 Å². The Morgan fingerprint density at radius 2 is 2.21 bits per heavy atom. The maximum absolute atomic E-state index is 10.9. The lowest BCUT2D eigenvalue weighted by atomic mass is 10.4. The van der Waals surface area contributed by atoms with Gasteiger partial charge in [0.2, 0.25) is 0 Å². The average molecular weight is 257 g/mol. The molecule has 0 atom stereocenters. The van der Waals surface area contributed by atoms with Gasteiger partial charge in [0.05, 0.1) is 6.61 Å². The highest BCUT2D eigenvalue weighted by Crippen LogP contribution is 2.03. The van der Waals surface area contributed by atoms with Crippen LogP contribution in [0, 0.1) is 0 Å². The quantitative estimate of drug-likeness (QED) is 0.229. The highest BCUT2D eigenvalue weighted by atomic mass is 35.5. The van der Waals surface area contributed by atoms with Gasteiger partial charge in [-0.2, -0.15) is 0 Å². The first-order valence-electron chi connectivity index (χ1n) is 4.26. The predicted octanol–water partition coefficient (Wildman–Crippen LogP) is 1.78. The molecule has 3 nitrogen and oxygen atoms in total. The van der Waals surface area contributed by atoms with Gasteiger partial charge in [0, 0.05) is 5.57 Å². The molecule has 0 saturated heterocycles. The van der Waals surface area contributed by atoms with E-state index in [1.165, 1.54) is 0 Å². The molecule has 0 amide bonds. The number of hydrogen-bond acceptors (Lipinski definition) is 3. The maximum Gasteiger partial charge on any atom is 0.333 e. The molecule has 82 valence electrons. The third-order valence-corrected chi connectivity index (χ3v) is 3.40. The van der Waals surface area contributed by atoms with Crippen molar-refractivity contribution in [1.29, 1.82) is 0 Å². The van der Waals surface area contributed by atoms with Crippen molar-refractivity contribution in [1.82, 2.24) is 0 Å². The number of carbonyl (C=O) groups is 1. The number of alkyl halides is 2. The van der Waals surface area contributed by atoms with Crippen LogP contribution < -0.4 is 0 Å². The van der Waals surface area contributed by atoms with Crippen molar-refractivity contribution < 1.29 is 14.0 Å². The normalized spacial score (nSPS) is 11.1. The summed E-state index contributed by atoms with van der Waals surface area (Å²) in [6, 6.07) is 0.888. The summed E-state index contributed by atoms with van der Waals surface area (Å²) in [6.45, 7) is 5.48. The van der Waals surface area contributed by atoms with Crippen molar-refractivity contribution in [3.63, 3.8) is 0 Å². The average Bonchev–Trinajstić information content (AvgIpc) is 2.09. The van der Waals surface area contributed by atoms with Crippen LogP contribution in [-0.4, -0.2) is 27.4 Å². The fraction of sp³-hybridized carbons (Fsp3) is 0.625. The van der Waals surface area contributed by atoms with E-state index in [2.05, 4.69) is 6.58 Å². The second-order valence-corrected chi connectivity index (χ2v) is 5.22. The molecule has 0 aromatic carbocycles. The lowest BCUT2D eigenvalue weighted by Crippen LogP contribution is -2.08. The van der Waals surface area contributed by atoms with Crippen molar-refractivity contribution >= 4 is 38.9 Å². The standard InChI is InChI=1S/C8H14Cl2O3Si/c1-6(2)7(11)12-4-3-5-14-13-8(9)10/h8H,1,3-5,14H2,2H3. The molecule has 0 spiro atoms. The lowest BCUT2D eigenvalue weighted by Gasteiger charge is -2.05. The Labute approximate surface area is 96.3 Å². The van der Waals surface area contributed by atoms with Gasteiger partial charge >= 0.3 is 5.97 Å². The first kappa shape index (κ1) is 14.0. The zero-order valence-corrected chi connectivity index (χ0v) is 11.0. The van der Waals surface area contributed by atoms with E-state index in [1.54, 1.807) is 6.92 Å². The summed E-state index contributed by atoms with van der Waals surface area (Å²) < 4.78 is 9.88. The molecular weight excluding hydrogens is 243 g/mol. The molecule has 0 aliphatic rings. The first-order valence-corrected chi connectivity index (χ1v) is 6.71. The van der Waals surface area contributed by atoms with E-state index in [9.17, 15) is 4.79 Å². The minimum absolute atomic E-state index is 0.347. The summed E-state index contributed by atoms with van der Waals surface area (Å²) >= 11 is 10.7. The van der Waals surface area contributed by atoms with Crippen LogP contribution in [0.5, 0.6) is 0 Å². The summed E-state index contributed by atoms with van der Waals surface area (Å²) in [7, 11) is -0.678. The van der Waals surface area contributed by atoms with Gasteiger partial charge in [-0.15, -0.1) is 0 Å². The molecule has 14 heavy (non-hydrogen) atoms. The van der Waals surface area contributed by atoms with Crippen LogP contribution in [0.2, 0.25) is 6.04 Å². The molecule has 6 heteroatoms. The zero-order chi connectivity index (χ0) is 11.0. The summed E-state index contributed by atoms with van der Waals surface area (Å²) in [6.07, 6.45) is 0.783. The van der Waals surface area contributed by atoms with Gasteiger partial charge in [0.15, 0.2) is 14.8 Å². The minimum atomic E-state index is -0.723. The predicted molar refractivity (Wildman–Crippen MR) is 60.3 cm³/mol. The molecule has 0 aromatic heterocycles. The highest BCUT2D eigenvalue weighted by molar-refractivity contribution is 6.45. The van der Waals surface area contributed by atoms with Gasteiger partial charge in [-0.05, 0) is 19.4 Å². The van der Waals surface area contributed by atoms with Gasteiger partial charge in [0.1, 0.15) is 0 Å². The maximum atomic E-state index is 10.9. The largest absolute Gasteiger partial charge is 0.462 e. The van der Waals surface area contributed by atoms with Crippen LogP contribution in [0.3, 0.4) is 0 Å². The second-order valence-electron chi connectivity index (χ2n) is 2.75. The van der Waals surface area contributed by atoms with E-state index in [0.717, 1.165) is 12.5 Å². The van der Waals surface area contributed by atoms with Gasteiger partial charge < -0.3 is 9.16 Å². The van der Waals surface area contributed by atoms with Crippen LogP contribution >= 0.6 is 23.2 Å². The van der Waals surface area contributed by atoms with Gasteiger partial charge in [-0.1, -0.05) is 29.8 Å². The van der Waals surface area contributed by atoms with Crippen molar-refractivity contribution in [2.45, 2.75) is 24.4 Å². The smallest absolute Gasteiger partial charge is 0.333 e. The molecular formula is C8H14Cl2O3Si. The number of hydrogen-bond donors (Lipinski definition) is 0. The fourth-order valence-electron chi connectivity index (χ4n) is 0.665. The number of esters is 1. The summed E-state index contributed by atoms with van der Waals surface area (Å²) in [5.41, 5.74) is 0.417. The Kier molecular flexibility index (Phi) is 8.27. The Balaban J connectivity index is 3.22. The molecule has 0 N–H and O–H groups in total. The monoisotopic (exact) mass is 256 g/mol. The zero-order valence-electron chi connectivity index (χ0n) is 8.09. The van der Waals surface area contributed by atoms with Crippen LogP contribution in [0.1, 0.15) is 13.3 Å². The number of rotatable bonds is 7. The molecule has 0 rings (SSSR count). The summed E-state index contributed by atoms with van der Waals surface area (Å²) in [4.78, 5) is 10.9. The molecule has 0 unspecified atom stereocenters. The number of halogens is 2. The van der Waals surface area contributed by atoms with Crippen LogP contribution in [0.4, 0.5) is 0 Å². The van der Waals surface area contributed by atoms with Crippen molar-refractivity contribution in [2.24, 2.45) is 0 Å². The Morgan fingerprint density at radius 3 is 2.71 bits per heavy atom. The summed E-state index contributed by atoms with van der Waals surface area (Å²) in [5.74, 6) is -0.347. The molecule has 0 aliphatic heterocycles. The van der Waals surface area contributed by atoms with Crippen LogP contribution in [0.25, 0.3) is 0 Å². The van der Waals surface area contributed by atoms with Crippen molar-refractivity contribution in [3.8, 4) is 0 Å². The van der Waals surface area contributed by atoms with Crippen LogP contribution in [-0.2, 0) is 14.0 Å². The van der Waals surface area contributed by atoms with Crippen molar-refractivity contribution in [3.05, 3.63) is 12.2 Å². The molecule has 0 bridgehead atoms. The Morgan fingerprint density at radius 1 is 1.57 bits per heavy atom. The van der Waals surface area contributed by atoms with E-state index in [0.29, 0.717) is 12.2 Å². The first-order chi connectivity index (χ1) is 6.54. The number of carbonyl (C=O) groups excluding carboxylic acids is 1. The van der Waals surface area contributed by atoms with Crippen molar-refractivity contribution in [2.75, 3.05) is 6.61 Å². The van der Waals surface area contributed by atoms with E-state index in [1.807, 2.05) is 0 Å².